The van der Waals surface area contributed by atoms with Crippen molar-refractivity contribution in [3.63, 3.8) is 0 Å². The smallest absolute Gasteiger partial charge is 0.296 e. The topological polar surface area (TPSA) is 78.0 Å². The van der Waals surface area contributed by atoms with Crippen LogP contribution in [-0.4, -0.2) is 60.9 Å². The fraction of sp³-hybridized carbons (Fsp3) is 0.364. The second kappa shape index (κ2) is 8.35. The van der Waals surface area contributed by atoms with E-state index in [0.717, 1.165) is 0 Å². The lowest BCUT2D eigenvalue weighted by Crippen LogP contribution is -2.52. The molecule has 3 aromatic rings. The van der Waals surface area contributed by atoms with E-state index < -0.39 is 25.6 Å². The molecule has 0 spiro atoms. The van der Waals surface area contributed by atoms with E-state index in [0.29, 0.717) is 28.8 Å². The Kier molecular flexibility index (Phi) is 4.64. The van der Waals surface area contributed by atoms with Crippen LogP contribution in [0, 0.1) is 0 Å². The molecule has 3 heterocycles. The summed E-state index contributed by atoms with van der Waals surface area (Å²) in [4.78, 5) is 9.98. The molecule has 0 bridgehead atoms. The van der Waals surface area contributed by atoms with Crippen LogP contribution in [0.3, 0.4) is 0 Å². The number of ether oxygens (including phenoxy) is 4. The zero-order valence-electron chi connectivity index (χ0n) is 20.4. The summed E-state index contributed by atoms with van der Waals surface area (Å²) in [6.45, 7) is -0.0790. The van der Waals surface area contributed by atoms with Gasteiger partial charge in [0, 0.05) is 25.1 Å². The highest BCUT2D eigenvalue weighted by molar-refractivity contribution is 6.34. The number of anilines is 2. The maximum Gasteiger partial charge on any atom is 0.296 e. The first-order valence-corrected chi connectivity index (χ1v) is 10.4. The maximum absolute atomic E-state index is 14.8. The third kappa shape index (κ3) is 4.04. The van der Waals surface area contributed by atoms with Gasteiger partial charge in [-0.3, -0.25) is 0 Å². The molecule has 0 amide bonds. The van der Waals surface area contributed by atoms with Crippen LogP contribution in [0.5, 0.6) is 23.0 Å². The molecule has 174 valence electrons. The van der Waals surface area contributed by atoms with Crippen LogP contribution in [0.1, 0.15) is 10.5 Å². The van der Waals surface area contributed by atoms with Gasteiger partial charge in [-0.05, 0) is 19.2 Å². The molecule has 0 unspecified atom stereocenters. The first-order chi connectivity index (χ1) is 17.0. The Hall–Kier alpha value is -3.11. The molecule has 11 heteroatoms. The number of nitrogens with one attached hydrogen (secondary N) is 1. The van der Waals surface area contributed by atoms with Gasteiger partial charge in [0.1, 0.15) is 29.3 Å². The van der Waals surface area contributed by atoms with E-state index in [1.54, 1.807) is 19.2 Å². The number of aromatic nitrogens is 2. The number of methoxy groups -OCH3 is 1. The van der Waals surface area contributed by atoms with Crippen molar-refractivity contribution in [2.45, 2.75) is 18.4 Å². The fourth-order valence-electron chi connectivity index (χ4n) is 3.95. The first-order valence-electron chi connectivity index (χ1n) is 11.6. The molecular formula is C22H21ClF2N4O4. The van der Waals surface area contributed by atoms with Crippen molar-refractivity contribution in [3.8, 4) is 23.0 Å². The minimum atomic E-state index is -3.15. The van der Waals surface area contributed by atoms with E-state index in [1.807, 2.05) is 0 Å². The number of hydrogen-bond donors (Lipinski definition) is 1. The predicted molar refractivity (Wildman–Crippen MR) is 118 cm³/mol. The molecule has 8 nitrogen and oxygen atoms in total. The monoisotopic (exact) mass is 481 g/mol. The van der Waals surface area contributed by atoms with Crippen molar-refractivity contribution in [2.24, 2.45) is 0 Å². The predicted octanol–water partition coefficient (Wildman–Crippen LogP) is 4.48. The van der Waals surface area contributed by atoms with Crippen LogP contribution in [0.25, 0.3) is 10.9 Å². The molecule has 1 N–H and O–H groups in total. The molecule has 2 aromatic carbocycles. The molecule has 33 heavy (non-hydrogen) atoms. The van der Waals surface area contributed by atoms with Crippen LogP contribution >= 0.6 is 11.6 Å². The minimum Gasteiger partial charge on any atom is -0.497 e. The van der Waals surface area contributed by atoms with Gasteiger partial charge in [-0.1, -0.05) is 11.6 Å². The molecular weight excluding hydrogens is 458 g/mol. The average Bonchev–Trinajstić information content (AvgIpc) is 3.25. The molecule has 0 saturated carbocycles. The van der Waals surface area contributed by atoms with Gasteiger partial charge in [0.25, 0.3) is 5.92 Å². The molecule has 1 aromatic heterocycles. The lowest BCUT2D eigenvalue weighted by molar-refractivity contribution is -0.134. The summed E-state index contributed by atoms with van der Waals surface area (Å²) in [7, 11) is -1.17. The van der Waals surface area contributed by atoms with Gasteiger partial charge in [-0.25, -0.2) is 18.7 Å². The van der Waals surface area contributed by atoms with Crippen LogP contribution in [0.15, 0.2) is 30.6 Å². The highest BCUT2D eigenvalue weighted by Gasteiger charge is 2.45. The van der Waals surface area contributed by atoms with Gasteiger partial charge < -0.3 is 29.2 Å². The second-order valence-electron chi connectivity index (χ2n) is 7.82. The Labute approximate surface area is 197 Å². The largest absolute Gasteiger partial charge is 0.497 e. The third-order valence-corrected chi connectivity index (χ3v) is 5.83. The Morgan fingerprint density at radius 3 is 3.00 bits per heavy atom. The second-order valence-corrected chi connectivity index (χ2v) is 8.22. The highest BCUT2D eigenvalue weighted by atomic mass is 35.5. The summed E-state index contributed by atoms with van der Waals surface area (Å²) in [5, 5.41) is 3.61. The molecule has 2 aliphatic heterocycles. The average molecular weight is 482 g/mol. The number of alkyl halides is 2. The summed E-state index contributed by atoms with van der Waals surface area (Å²) >= 11 is 6.39. The summed E-state index contributed by atoms with van der Waals surface area (Å²) < 4.78 is 73.8. The van der Waals surface area contributed by atoms with E-state index >= 15 is 0 Å². The molecule has 1 fully saturated rings. The number of nitrogens with zero attached hydrogens (tertiary/aromatic N) is 3. The lowest BCUT2D eigenvalue weighted by Gasteiger charge is -2.36. The SMILES string of the molecule is [2H]C([2H])([2H])Oc1cc(O[C@@H]2CCN(C)CC2(F)F)c2c(Nc3c(Cl)ccc4c3OCO4)ncnc2c1. The van der Waals surface area contributed by atoms with Crippen molar-refractivity contribution in [2.75, 3.05) is 39.3 Å². The van der Waals surface area contributed by atoms with Gasteiger partial charge in [0.2, 0.25) is 6.79 Å². The first kappa shape index (κ1) is 18.3. The number of benzene rings is 2. The maximum atomic E-state index is 14.8. The number of piperidine rings is 1. The molecule has 1 saturated heterocycles. The van der Waals surface area contributed by atoms with Gasteiger partial charge in [-0.2, -0.15) is 0 Å². The van der Waals surface area contributed by atoms with E-state index in [-0.39, 0.29) is 41.4 Å². The van der Waals surface area contributed by atoms with Crippen molar-refractivity contribution in [3.05, 3.63) is 35.6 Å². The summed E-state index contributed by atoms with van der Waals surface area (Å²) in [5.74, 6) is -2.33. The molecule has 0 radical (unpaired) electrons. The van der Waals surface area contributed by atoms with E-state index in [4.69, 9.17) is 34.7 Å². The van der Waals surface area contributed by atoms with Crippen LogP contribution in [0.4, 0.5) is 20.3 Å². The molecule has 1 atom stereocenters. The Bertz CT molecular complexity index is 1310. The molecule has 0 aliphatic carbocycles. The van der Waals surface area contributed by atoms with Gasteiger partial charge >= 0.3 is 0 Å². The minimum absolute atomic E-state index is 0.00423. The van der Waals surface area contributed by atoms with E-state index in [9.17, 15) is 8.78 Å². The van der Waals surface area contributed by atoms with Crippen LogP contribution in [-0.2, 0) is 0 Å². The number of halogens is 3. The van der Waals surface area contributed by atoms with Crippen molar-refractivity contribution < 1.29 is 31.8 Å². The Morgan fingerprint density at radius 2 is 2.18 bits per heavy atom. The number of likely N-dealkylation sites (tertiary alicyclic amines) is 1. The van der Waals surface area contributed by atoms with Crippen molar-refractivity contribution in [1.82, 2.24) is 14.9 Å². The third-order valence-electron chi connectivity index (χ3n) is 5.52. The van der Waals surface area contributed by atoms with Crippen molar-refractivity contribution >= 4 is 34.0 Å². The Balaban J connectivity index is 1.61. The summed E-state index contributed by atoms with van der Waals surface area (Å²) in [6, 6.07) is 5.88. The number of hydrogen-bond acceptors (Lipinski definition) is 8. The zero-order chi connectivity index (χ0) is 25.7. The highest BCUT2D eigenvalue weighted by Crippen LogP contribution is 2.46. The number of fused-ring (bicyclic) bond motifs is 2. The standard InChI is InChI=1S/C22H21ClF2N4O4/c1-29-6-5-17(22(24,25)9-29)33-16-8-12(30-2)7-14-18(16)21(27-10-26-14)28-19-13(23)3-4-15-20(19)32-11-31-15/h3-4,7-8,10,17H,5-6,9,11H2,1-2H3,(H,26,27,28)/t17-/m1/s1/i2D3. The van der Waals surface area contributed by atoms with Gasteiger partial charge in [0.15, 0.2) is 17.6 Å². The fourth-order valence-corrected chi connectivity index (χ4v) is 4.14. The zero-order valence-corrected chi connectivity index (χ0v) is 18.2. The van der Waals surface area contributed by atoms with Crippen molar-refractivity contribution in [1.29, 1.82) is 0 Å². The van der Waals surface area contributed by atoms with Gasteiger partial charge in [-0.15, -0.1) is 0 Å². The van der Waals surface area contributed by atoms with Crippen LogP contribution in [0.2, 0.25) is 5.02 Å². The molecule has 2 aliphatic rings. The summed E-state index contributed by atoms with van der Waals surface area (Å²) in [6.07, 6.45) is -0.185. The Morgan fingerprint density at radius 1 is 1.30 bits per heavy atom. The normalized spacial score (nSPS) is 21.2. The lowest BCUT2D eigenvalue weighted by atomic mass is 10.0. The van der Waals surface area contributed by atoms with E-state index in [2.05, 4.69) is 15.3 Å². The number of rotatable bonds is 5. The molecule has 5 rings (SSSR count). The van der Waals surface area contributed by atoms with E-state index in [1.165, 1.54) is 23.4 Å². The summed E-state index contributed by atoms with van der Waals surface area (Å²) in [5.41, 5.74) is 0.561. The quantitative estimate of drug-likeness (QED) is 0.571. The van der Waals surface area contributed by atoms with Gasteiger partial charge in [0.05, 0.1) is 33.6 Å². The van der Waals surface area contributed by atoms with Crippen LogP contribution < -0.4 is 24.3 Å².